The van der Waals surface area contributed by atoms with Crippen molar-refractivity contribution in [1.82, 2.24) is 0 Å². The lowest BCUT2D eigenvalue weighted by Crippen LogP contribution is -2.38. The van der Waals surface area contributed by atoms with Gasteiger partial charge in [-0.25, -0.2) is 4.79 Å². The number of ether oxygens (including phenoxy) is 2. The van der Waals surface area contributed by atoms with E-state index >= 15 is 0 Å². The van der Waals surface area contributed by atoms with E-state index < -0.39 is 11.6 Å². The first kappa shape index (κ1) is 17.7. The maximum atomic E-state index is 12.2. The first-order valence-electron chi connectivity index (χ1n) is 6.94. The van der Waals surface area contributed by atoms with Crippen molar-refractivity contribution >= 4 is 28.2 Å². The van der Waals surface area contributed by atoms with Crippen molar-refractivity contribution in [2.45, 2.75) is 46.6 Å². The SMILES string of the molecule is CCOC(=O)c1c(NC(=O)C(C)(C)OC)sc(C)c1CC. The van der Waals surface area contributed by atoms with Crippen LogP contribution >= 0.6 is 11.3 Å². The molecule has 1 aromatic heterocycles. The predicted molar refractivity (Wildman–Crippen MR) is 84.1 cm³/mol. The Morgan fingerprint density at radius 2 is 1.90 bits per heavy atom. The van der Waals surface area contributed by atoms with Gasteiger partial charge in [0.1, 0.15) is 10.6 Å². The summed E-state index contributed by atoms with van der Waals surface area (Å²) in [7, 11) is 1.48. The average Bonchev–Trinajstić information content (AvgIpc) is 2.74. The minimum atomic E-state index is -0.962. The molecule has 0 aliphatic rings. The fourth-order valence-electron chi connectivity index (χ4n) is 1.86. The number of aryl methyl sites for hydroxylation is 1. The highest BCUT2D eigenvalue weighted by atomic mass is 32.1. The van der Waals surface area contributed by atoms with Gasteiger partial charge in [0.25, 0.3) is 5.91 Å². The third-order valence-electron chi connectivity index (χ3n) is 3.33. The number of anilines is 1. The number of thiophene rings is 1. The highest BCUT2D eigenvalue weighted by molar-refractivity contribution is 7.16. The summed E-state index contributed by atoms with van der Waals surface area (Å²) in [5.74, 6) is -0.691. The molecule has 0 saturated heterocycles. The molecule has 5 nitrogen and oxygen atoms in total. The number of nitrogens with one attached hydrogen (secondary N) is 1. The Bertz CT molecular complexity index is 534. The third kappa shape index (κ3) is 3.83. The Balaban J connectivity index is 3.18. The smallest absolute Gasteiger partial charge is 0.341 e. The Hall–Kier alpha value is -1.40. The van der Waals surface area contributed by atoms with Crippen LogP contribution in [-0.2, 0) is 20.7 Å². The Kier molecular flexibility index (Phi) is 5.92. The van der Waals surface area contributed by atoms with Crippen LogP contribution in [0.3, 0.4) is 0 Å². The third-order valence-corrected chi connectivity index (χ3v) is 4.39. The second-order valence-corrected chi connectivity index (χ2v) is 6.31. The number of hydrogen-bond acceptors (Lipinski definition) is 5. The summed E-state index contributed by atoms with van der Waals surface area (Å²) in [6.07, 6.45) is 0.708. The molecule has 118 valence electrons. The van der Waals surface area contributed by atoms with Gasteiger partial charge in [0.15, 0.2) is 0 Å². The number of carbonyl (C=O) groups is 2. The average molecular weight is 313 g/mol. The van der Waals surface area contributed by atoms with Crippen LogP contribution in [0.15, 0.2) is 0 Å². The van der Waals surface area contributed by atoms with E-state index in [1.54, 1.807) is 20.8 Å². The topological polar surface area (TPSA) is 64.6 Å². The summed E-state index contributed by atoms with van der Waals surface area (Å²) in [4.78, 5) is 25.4. The van der Waals surface area contributed by atoms with Crippen LogP contribution in [0.4, 0.5) is 5.00 Å². The van der Waals surface area contributed by atoms with Crippen LogP contribution in [-0.4, -0.2) is 31.2 Å². The van der Waals surface area contributed by atoms with Gasteiger partial charge in [-0.2, -0.15) is 0 Å². The lowest BCUT2D eigenvalue weighted by Gasteiger charge is -2.21. The van der Waals surface area contributed by atoms with Crippen LogP contribution < -0.4 is 5.32 Å². The van der Waals surface area contributed by atoms with Crippen molar-refractivity contribution < 1.29 is 19.1 Å². The Labute approximate surface area is 129 Å². The van der Waals surface area contributed by atoms with Crippen molar-refractivity contribution in [2.75, 3.05) is 19.0 Å². The molecular formula is C15H23NO4S. The summed E-state index contributed by atoms with van der Waals surface area (Å²) in [5.41, 5.74) is 0.419. The lowest BCUT2D eigenvalue weighted by atomic mass is 10.1. The van der Waals surface area contributed by atoms with Crippen LogP contribution in [0.1, 0.15) is 48.5 Å². The molecule has 0 aliphatic carbocycles. The van der Waals surface area contributed by atoms with Gasteiger partial charge < -0.3 is 14.8 Å². The number of methoxy groups -OCH3 is 1. The van der Waals surface area contributed by atoms with Gasteiger partial charge in [0.05, 0.1) is 12.2 Å². The van der Waals surface area contributed by atoms with Gasteiger partial charge in [-0.1, -0.05) is 6.92 Å². The molecule has 1 aromatic rings. The molecule has 1 rings (SSSR count). The van der Waals surface area contributed by atoms with Crippen molar-refractivity contribution in [3.63, 3.8) is 0 Å². The number of amides is 1. The van der Waals surface area contributed by atoms with E-state index in [-0.39, 0.29) is 5.91 Å². The zero-order valence-electron chi connectivity index (χ0n) is 13.5. The maximum absolute atomic E-state index is 12.2. The number of hydrogen-bond donors (Lipinski definition) is 1. The fraction of sp³-hybridized carbons (Fsp3) is 0.600. The van der Waals surface area contributed by atoms with Gasteiger partial charge in [-0.05, 0) is 39.7 Å². The molecule has 0 aromatic carbocycles. The van der Waals surface area contributed by atoms with E-state index in [1.165, 1.54) is 18.4 Å². The molecule has 1 amide bonds. The quantitative estimate of drug-likeness (QED) is 0.819. The van der Waals surface area contributed by atoms with Gasteiger partial charge in [-0.15, -0.1) is 11.3 Å². The van der Waals surface area contributed by atoms with Gasteiger partial charge >= 0.3 is 5.97 Å². The van der Waals surface area contributed by atoms with Gasteiger partial charge in [0.2, 0.25) is 0 Å². The van der Waals surface area contributed by atoms with E-state index in [2.05, 4.69) is 5.32 Å². The van der Waals surface area contributed by atoms with E-state index in [4.69, 9.17) is 9.47 Å². The van der Waals surface area contributed by atoms with E-state index in [1.807, 2.05) is 13.8 Å². The van der Waals surface area contributed by atoms with Crippen LogP contribution in [0.5, 0.6) is 0 Å². The highest BCUT2D eigenvalue weighted by Gasteiger charge is 2.30. The summed E-state index contributed by atoms with van der Waals surface area (Å²) in [5, 5.41) is 3.32. The standard InChI is InChI=1S/C15H23NO4S/c1-7-10-9(3)21-12(11(10)13(17)20-8-2)16-14(18)15(4,5)19-6/h7-8H2,1-6H3,(H,16,18). The first-order valence-corrected chi connectivity index (χ1v) is 7.76. The zero-order chi connectivity index (χ0) is 16.2. The second-order valence-electron chi connectivity index (χ2n) is 5.08. The summed E-state index contributed by atoms with van der Waals surface area (Å²) >= 11 is 1.39. The lowest BCUT2D eigenvalue weighted by molar-refractivity contribution is -0.133. The van der Waals surface area contributed by atoms with Crippen molar-refractivity contribution in [3.8, 4) is 0 Å². The molecule has 0 radical (unpaired) electrons. The fourth-order valence-corrected chi connectivity index (χ4v) is 2.99. The number of esters is 1. The molecule has 6 heteroatoms. The predicted octanol–water partition coefficient (Wildman–Crippen LogP) is 3.16. The van der Waals surface area contributed by atoms with Crippen molar-refractivity contribution in [3.05, 3.63) is 16.0 Å². The molecule has 0 saturated carbocycles. The molecule has 0 bridgehead atoms. The molecular weight excluding hydrogens is 290 g/mol. The maximum Gasteiger partial charge on any atom is 0.341 e. The minimum absolute atomic E-state index is 0.292. The Morgan fingerprint density at radius 1 is 1.29 bits per heavy atom. The largest absolute Gasteiger partial charge is 0.462 e. The summed E-state index contributed by atoms with van der Waals surface area (Å²) in [6, 6.07) is 0. The molecule has 21 heavy (non-hydrogen) atoms. The van der Waals surface area contributed by atoms with Crippen LogP contribution in [0, 0.1) is 6.92 Å². The van der Waals surface area contributed by atoms with E-state index in [0.717, 1.165) is 10.4 Å². The van der Waals surface area contributed by atoms with Crippen molar-refractivity contribution in [2.24, 2.45) is 0 Å². The highest BCUT2D eigenvalue weighted by Crippen LogP contribution is 2.34. The van der Waals surface area contributed by atoms with Crippen LogP contribution in [0.25, 0.3) is 0 Å². The molecule has 1 heterocycles. The Morgan fingerprint density at radius 3 is 2.38 bits per heavy atom. The summed E-state index contributed by atoms with van der Waals surface area (Å²) in [6.45, 7) is 9.32. The zero-order valence-corrected chi connectivity index (χ0v) is 14.3. The number of rotatable bonds is 6. The minimum Gasteiger partial charge on any atom is -0.462 e. The van der Waals surface area contributed by atoms with Gasteiger partial charge in [0, 0.05) is 12.0 Å². The van der Waals surface area contributed by atoms with E-state index in [9.17, 15) is 9.59 Å². The van der Waals surface area contributed by atoms with Gasteiger partial charge in [-0.3, -0.25) is 4.79 Å². The van der Waals surface area contributed by atoms with E-state index in [0.29, 0.717) is 23.6 Å². The van der Waals surface area contributed by atoms with Crippen LogP contribution in [0.2, 0.25) is 0 Å². The molecule has 1 N–H and O–H groups in total. The second kappa shape index (κ2) is 7.04. The molecule has 0 spiro atoms. The number of carbonyl (C=O) groups excluding carboxylic acids is 2. The normalized spacial score (nSPS) is 11.3. The van der Waals surface area contributed by atoms with Crippen molar-refractivity contribution in [1.29, 1.82) is 0 Å². The molecule has 0 aliphatic heterocycles. The summed E-state index contributed by atoms with van der Waals surface area (Å²) < 4.78 is 10.3. The molecule has 0 atom stereocenters. The first-order chi connectivity index (χ1) is 9.78. The molecule has 0 fully saturated rings. The molecule has 0 unspecified atom stereocenters. The monoisotopic (exact) mass is 313 g/mol.